The summed E-state index contributed by atoms with van der Waals surface area (Å²) in [5.41, 5.74) is 23.6. The molecule has 11 aromatic carbocycles. The van der Waals surface area contributed by atoms with Gasteiger partial charge in [-0.1, -0.05) is 181 Å². The van der Waals surface area contributed by atoms with Crippen LogP contribution < -0.4 is 9.30 Å². The summed E-state index contributed by atoms with van der Waals surface area (Å²) in [6.07, 6.45) is 8.26. The van der Waals surface area contributed by atoms with Crippen molar-refractivity contribution in [3.8, 4) is 78.9 Å². The van der Waals surface area contributed by atoms with Gasteiger partial charge in [-0.05, 0) is 168 Å². The molecule has 0 radical (unpaired) electrons. The molecule has 0 saturated heterocycles. The molecule has 6 heterocycles. The van der Waals surface area contributed by atoms with Crippen molar-refractivity contribution in [2.45, 2.75) is 77.6 Å². The molecule has 8 heteroatoms. The smallest absolute Gasteiger partial charge is 0.268 e. The van der Waals surface area contributed by atoms with E-state index in [4.69, 9.17) is 14.1 Å². The summed E-state index contributed by atoms with van der Waals surface area (Å²) in [6.45, 7) is 16.5. The van der Waals surface area contributed by atoms with Gasteiger partial charge in [0.25, 0.3) is 6.33 Å². The van der Waals surface area contributed by atoms with Crippen molar-refractivity contribution >= 4 is 76.6 Å². The predicted octanol–water partition coefficient (Wildman–Crippen LogP) is 21.2. The molecule has 5 aromatic heterocycles. The summed E-state index contributed by atoms with van der Waals surface area (Å²) >= 11 is 0. The van der Waals surface area contributed by atoms with Crippen LogP contribution in [0.4, 0.5) is 0 Å². The Morgan fingerprint density at radius 3 is 1.78 bits per heavy atom. The molecule has 0 amide bonds. The normalized spacial score (nSPS) is 14.0. The third-order valence-corrected chi connectivity index (χ3v) is 19.9. The first-order valence-corrected chi connectivity index (χ1v) is 31.7. The van der Waals surface area contributed by atoms with E-state index in [0.29, 0.717) is 11.5 Å². The zero-order valence-corrected chi connectivity index (χ0v) is 54.5. The van der Waals surface area contributed by atoms with Crippen LogP contribution in [0.1, 0.15) is 78.0 Å². The molecule has 0 unspecified atom stereocenters. The molecule has 92 heavy (non-hydrogen) atoms. The van der Waals surface area contributed by atoms with Crippen LogP contribution in [0.3, 0.4) is 0 Å². The fraction of sp³-hybridized carbons (Fsp3) is 0.143. The third-order valence-electron chi connectivity index (χ3n) is 19.9. The molecule has 1 aliphatic heterocycles. The zero-order valence-electron chi connectivity index (χ0n) is 52.2. The van der Waals surface area contributed by atoms with Gasteiger partial charge >= 0.3 is 0 Å². The first kappa shape index (κ1) is 56.0. The monoisotopic (exact) mass is 1370 g/mol. The largest absolute Gasteiger partial charge is 0.510 e. The third kappa shape index (κ3) is 8.51. The molecule has 2 aliphatic rings. The van der Waals surface area contributed by atoms with Gasteiger partial charge in [0.1, 0.15) is 17.0 Å². The minimum atomic E-state index is -0.0673. The fourth-order valence-corrected chi connectivity index (χ4v) is 15.2. The van der Waals surface area contributed by atoms with Gasteiger partial charge in [-0.25, -0.2) is 4.98 Å². The van der Waals surface area contributed by atoms with Crippen molar-refractivity contribution in [3.05, 3.63) is 266 Å². The number of fused-ring (bicyclic) bond motifs is 17. The van der Waals surface area contributed by atoms with Crippen LogP contribution in [-0.4, -0.2) is 18.7 Å². The molecule has 0 saturated carbocycles. The van der Waals surface area contributed by atoms with Crippen LogP contribution in [0.25, 0.3) is 144 Å². The average Bonchev–Trinajstić information content (AvgIpc) is 1.45. The molecule has 7 nitrogen and oxygen atoms in total. The maximum Gasteiger partial charge on any atom is 0.268 e. The standard InChI is InChI=1S/C84H63N5O2.Pt/c1-82(2,3)52-38-41-85-79(43-52)89-74-32-16-12-26-62(74)63-36-35-56(47-75(63)89)90-55-21-18-20-53(44-55)86-50-87-80-57(51-34-37-78-68(42-51)64-27-13-17-33-77(64)91-78)28-19-29-65(80)67-49-71-70(83(4,5)39-40-84(71,6)7)48-66(67)58-22-8-9-23-59(58)69-45-54(46-76(86)81(69)87)88-72-30-14-10-24-60(72)61-25-11-15-31-73(61)88;/h8-38,41-43,45-46,48-49H,39-40H2,1-7H3;/q-2;. The molecule has 16 aromatic rings. The van der Waals surface area contributed by atoms with Crippen LogP contribution in [0.2, 0.25) is 0 Å². The van der Waals surface area contributed by atoms with Gasteiger partial charge in [0.15, 0.2) is 0 Å². The Balaban J connectivity index is 0.00000648. The van der Waals surface area contributed by atoms with Gasteiger partial charge < -0.3 is 22.9 Å². The van der Waals surface area contributed by atoms with Crippen LogP contribution in [0.15, 0.2) is 235 Å². The molecule has 1 aliphatic carbocycles. The van der Waals surface area contributed by atoms with Gasteiger partial charge in [0.2, 0.25) is 0 Å². The zero-order chi connectivity index (χ0) is 61.2. The number of nitrogens with zero attached hydrogens (tertiary/aromatic N) is 5. The maximum atomic E-state index is 6.99. The molecule has 448 valence electrons. The minimum Gasteiger partial charge on any atom is -0.510 e. The topological polar surface area (TPSA) is 53.9 Å². The second-order valence-corrected chi connectivity index (χ2v) is 27.4. The second kappa shape index (κ2) is 20.5. The summed E-state index contributed by atoms with van der Waals surface area (Å²) in [6, 6.07) is 89.2. The number of benzene rings is 11. The number of ether oxygens (including phenoxy) is 1. The van der Waals surface area contributed by atoms with Crippen LogP contribution in [0.5, 0.6) is 11.5 Å². The van der Waals surface area contributed by atoms with Crippen molar-refractivity contribution in [2.75, 3.05) is 0 Å². The minimum absolute atomic E-state index is 0. The van der Waals surface area contributed by atoms with E-state index < -0.39 is 0 Å². The molecular formula is C84H63N5O2Pt-2. The number of furan rings is 1. The van der Waals surface area contributed by atoms with E-state index in [9.17, 15) is 0 Å². The van der Waals surface area contributed by atoms with Crippen molar-refractivity contribution in [1.29, 1.82) is 0 Å². The van der Waals surface area contributed by atoms with Gasteiger partial charge in [0.05, 0.1) is 27.8 Å². The molecule has 0 N–H and O–H groups in total. The van der Waals surface area contributed by atoms with Crippen LogP contribution in [-0.2, 0) is 37.3 Å². The van der Waals surface area contributed by atoms with E-state index in [1.54, 1.807) is 0 Å². The first-order valence-electron chi connectivity index (χ1n) is 31.7. The number of pyridine rings is 1. The Morgan fingerprint density at radius 1 is 0.478 bits per heavy atom. The van der Waals surface area contributed by atoms with Crippen molar-refractivity contribution in [1.82, 2.24) is 18.7 Å². The Bertz CT molecular complexity index is 5710. The molecule has 0 atom stereocenters. The van der Waals surface area contributed by atoms with E-state index in [0.717, 1.165) is 129 Å². The van der Waals surface area contributed by atoms with Gasteiger partial charge in [-0.2, -0.15) is 18.2 Å². The SMILES string of the molecule is CC(C)(C)c1ccnc(-n2c3[c-]c(Oc4[c-]c(-n5[c-][n+]6c7c(cc(-n8c9ccccc9c9ccccc98)cc75)-c5ccccc5-c5cc7c(cc5-c5cccc(-c8ccc9oc%10ccccc%10c9c8)c5-6)C(C)(C)CCC7(C)C)ccc4)ccc3c3ccccc32)c1.[Pt]. The Kier molecular flexibility index (Phi) is 12.4. The van der Waals surface area contributed by atoms with E-state index in [2.05, 4.69) is 291 Å². The Labute approximate surface area is 548 Å². The summed E-state index contributed by atoms with van der Waals surface area (Å²) in [7, 11) is 0. The number of imidazole rings is 1. The molecule has 0 spiro atoms. The number of hydrogen-bond donors (Lipinski definition) is 0. The van der Waals surface area contributed by atoms with Crippen molar-refractivity contribution in [3.63, 3.8) is 0 Å². The number of rotatable bonds is 6. The van der Waals surface area contributed by atoms with Gasteiger partial charge in [-0.15, -0.1) is 29.7 Å². The van der Waals surface area contributed by atoms with Gasteiger partial charge in [-0.3, -0.25) is 4.57 Å². The molecule has 0 fully saturated rings. The van der Waals surface area contributed by atoms with E-state index in [-0.39, 0.29) is 37.3 Å². The second-order valence-electron chi connectivity index (χ2n) is 27.4. The molecule has 18 rings (SSSR count). The quantitative estimate of drug-likeness (QED) is 0.123. The average molecular weight is 1370 g/mol. The maximum absolute atomic E-state index is 6.99. The Hall–Kier alpha value is -10.1. The van der Waals surface area contributed by atoms with Crippen molar-refractivity contribution < 1.29 is 34.8 Å². The summed E-state index contributed by atoms with van der Waals surface area (Å²) in [5, 5.41) is 6.75. The molecular weight excluding hydrogens is 1310 g/mol. The summed E-state index contributed by atoms with van der Waals surface area (Å²) in [4.78, 5) is 4.96. The predicted molar refractivity (Wildman–Crippen MR) is 371 cm³/mol. The van der Waals surface area contributed by atoms with Gasteiger partial charge in [0, 0.05) is 71.5 Å². The number of para-hydroxylation sites is 5. The fourth-order valence-electron chi connectivity index (χ4n) is 15.2. The van der Waals surface area contributed by atoms with Crippen molar-refractivity contribution in [2.24, 2.45) is 0 Å². The number of aromatic nitrogens is 5. The number of hydrogen-bond acceptors (Lipinski definition) is 3. The van der Waals surface area contributed by atoms with E-state index in [1.807, 2.05) is 24.4 Å². The van der Waals surface area contributed by atoms with E-state index >= 15 is 0 Å². The Morgan fingerprint density at radius 2 is 1.07 bits per heavy atom. The van der Waals surface area contributed by atoms with E-state index in [1.165, 1.54) is 44.2 Å². The van der Waals surface area contributed by atoms with Crippen LogP contribution in [0, 0.1) is 18.5 Å². The summed E-state index contributed by atoms with van der Waals surface area (Å²) in [5.74, 6) is 1.94. The van der Waals surface area contributed by atoms with Crippen LogP contribution >= 0.6 is 0 Å². The molecule has 0 bridgehead atoms. The summed E-state index contributed by atoms with van der Waals surface area (Å²) < 4.78 is 22.7. The first-order chi connectivity index (χ1) is 44.2.